The van der Waals surface area contributed by atoms with Crippen LogP contribution in [-0.2, 0) is 0 Å². The minimum absolute atomic E-state index is 0.0171. The van der Waals surface area contributed by atoms with Crippen LogP contribution in [0.1, 0.15) is 0 Å². The number of halogens is 3. The maximum Gasteiger partial charge on any atom is 0.227 e. The highest BCUT2D eigenvalue weighted by Gasteiger charge is 2.22. The van der Waals surface area contributed by atoms with Gasteiger partial charge >= 0.3 is 0 Å². The molecule has 0 unspecified atom stereocenters. The largest absolute Gasteiger partial charge is 0.395 e. The first-order valence-corrected chi connectivity index (χ1v) is 10.1. The average molecular weight is 464 g/mol. The minimum atomic E-state index is -0.962. The molecule has 0 saturated carbocycles. The van der Waals surface area contributed by atoms with Gasteiger partial charge in [-0.3, -0.25) is 4.90 Å². The van der Waals surface area contributed by atoms with E-state index in [0.29, 0.717) is 38.2 Å². The van der Waals surface area contributed by atoms with E-state index in [4.69, 9.17) is 5.11 Å². The highest BCUT2D eigenvalue weighted by Crippen LogP contribution is 2.30. The van der Waals surface area contributed by atoms with E-state index in [1.54, 1.807) is 12.3 Å². The summed E-state index contributed by atoms with van der Waals surface area (Å²) in [7, 11) is 0. The van der Waals surface area contributed by atoms with Gasteiger partial charge in [-0.2, -0.15) is 0 Å². The normalized spacial score (nSPS) is 15.1. The van der Waals surface area contributed by atoms with Crippen LogP contribution in [0.15, 0.2) is 41.0 Å². The zero-order chi connectivity index (χ0) is 20.4. The van der Waals surface area contributed by atoms with E-state index in [1.807, 2.05) is 23.1 Å². The summed E-state index contributed by atoms with van der Waals surface area (Å²) in [5.74, 6) is -1.67. The molecule has 4 rings (SSSR count). The lowest BCUT2D eigenvalue weighted by Crippen LogP contribution is -2.47. The second kappa shape index (κ2) is 8.56. The molecule has 0 bridgehead atoms. The fourth-order valence-corrected chi connectivity index (χ4v) is 3.90. The molecular formula is C20H20BrF2N5O. The van der Waals surface area contributed by atoms with Crippen molar-refractivity contribution in [2.75, 3.05) is 49.5 Å². The number of hydrogen-bond acceptors (Lipinski definition) is 6. The Labute approximate surface area is 175 Å². The van der Waals surface area contributed by atoms with Crippen molar-refractivity contribution in [2.45, 2.75) is 0 Å². The van der Waals surface area contributed by atoms with Gasteiger partial charge in [-0.15, -0.1) is 0 Å². The molecule has 3 aromatic rings. The van der Waals surface area contributed by atoms with Crippen molar-refractivity contribution in [1.82, 2.24) is 14.9 Å². The molecule has 0 amide bonds. The second-order valence-electron chi connectivity index (χ2n) is 6.81. The summed E-state index contributed by atoms with van der Waals surface area (Å²) in [5, 5.41) is 12.6. The zero-order valence-electron chi connectivity index (χ0n) is 15.6. The summed E-state index contributed by atoms with van der Waals surface area (Å²) in [6.45, 7) is 3.23. The lowest BCUT2D eigenvalue weighted by atomic mass is 10.2. The predicted octanol–water partition coefficient (Wildman–Crippen LogP) is 3.53. The second-order valence-corrected chi connectivity index (χ2v) is 7.66. The van der Waals surface area contributed by atoms with Crippen LogP contribution in [0.2, 0.25) is 0 Å². The third-order valence-corrected chi connectivity index (χ3v) is 5.64. The number of anilines is 3. The first-order valence-electron chi connectivity index (χ1n) is 9.31. The van der Waals surface area contributed by atoms with Crippen LogP contribution in [0.5, 0.6) is 0 Å². The van der Waals surface area contributed by atoms with Gasteiger partial charge in [0.05, 0.1) is 23.5 Å². The van der Waals surface area contributed by atoms with Gasteiger partial charge in [-0.25, -0.2) is 18.7 Å². The van der Waals surface area contributed by atoms with Crippen LogP contribution < -0.4 is 10.2 Å². The first kappa shape index (κ1) is 19.9. The number of rotatable bonds is 5. The number of nitrogens with zero attached hydrogens (tertiary/aromatic N) is 4. The molecule has 1 aliphatic rings. The Hall–Kier alpha value is -2.36. The number of hydrogen-bond donors (Lipinski definition) is 2. The maximum absolute atomic E-state index is 14.8. The topological polar surface area (TPSA) is 64.5 Å². The third-order valence-electron chi connectivity index (χ3n) is 5.00. The average Bonchev–Trinajstić information content (AvgIpc) is 2.73. The number of fused-ring (bicyclic) bond motifs is 1. The number of piperazine rings is 1. The van der Waals surface area contributed by atoms with Gasteiger partial charge in [0, 0.05) is 48.8 Å². The van der Waals surface area contributed by atoms with E-state index in [9.17, 15) is 8.78 Å². The molecule has 1 fully saturated rings. The molecular weight excluding hydrogens is 444 g/mol. The molecule has 2 N–H and O–H groups in total. The fraction of sp³-hybridized carbons (Fsp3) is 0.300. The molecule has 2 aromatic carbocycles. The van der Waals surface area contributed by atoms with Gasteiger partial charge in [-0.1, -0.05) is 12.1 Å². The van der Waals surface area contributed by atoms with Crippen molar-refractivity contribution in [3.8, 4) is 0 Å². The van der Waals surface area contributed by atoms with Crippen LogP contribution in [0.25, 0.3) is 10.9 Å². The van der Waals surface area contributed by atoms with Crippen LogP contribution in [0, 0.1) is 11.6 Å². The Bertz CT molecular complexity index is 1030. The van der Waals surface area contributed by atoms with Crippen LogP contribution in [0.4, 0.5) is 26.1 Å². The molecule has 1 aromatic heterocycles. The van der Waals surface area contributed by atoms with Gasteiger partial charge in [0.2, 0.25) is 5.95 Å². The summed E-state index contributed by atoms with van der Waals surface area (Å²) < 4.78 is 30.3. The van der Waals surface area contributed by atoms with E-state index in [2.05, 4.69) is 36.1 Å². The summed E-state index contributed by atoms with van der Waals surface area (Å²) in [4.78, 5) is 12.5. The zero-order valence-corrected chi connectivity index (χ0v) is 17.2. The van der Waals surface area contributed by atoms with E-state index in [-0.39, 0.29) is 23.9 Å². The number of para-hydroxylation sites is 1. The SMILES string of the molecule is OCCN1CCN(c2ccc(Nc3ncc4cccc(Br)c4n3)c(F)c2F)CC1. The molecule has 1 saturated heterocycles. The van der Waals surface area contributed by atoms with Gasteiger partial charge in [-0.05, 0) is 34.1 Å². The molecule has 2 heterocycles. The quantitative estimate of drug-likeness (QED) is 0.603. The van der Waals surface area contributed by atoms with Crippen molar-refractivity contribution in [2.24, 2.45) is 0 Å². The lowest BCUT2D eigenvalue weighted by Gasteiger charge is -2.36. The molecule has 0 atom stereocenters. The van der Waals surface area contributed by atoms with Gasteiger partial charge < -0.3 is 15.3 Å². The highest BCUT2D eigenvalue weighted by atomic mass is 79.9. The van der Waals surface area contributed by atoms with Crippen LogP contribution in [-0.4, -0.2) is 59.3 Å². The van der Waals surface area contributed by atoms with E-state index in [1.165, 1.54) is 6.07 Å². The number of nitrogens with one attached hydrogen (secondary N) is 1. The van der Waals surface area contributed by atoms with Crippen molar-refractivity contribution in [3.63, 3.8) is 0 Å². The predicted molar refractivity (Wildman–Crippen MR) is 113 cm³/mol. The van der Waals surface area contributed by atoms with Gasteiger partial charge in [0.1, 0.15) is 0 Å². The maximum atomic E-state index is 14.8. The van der Waals surface area contributed by atoms with Crippen LogP contribution in [0.3, 0.4) is 0 Å². The number of aliphatic hydroxyl groups excluding tert-OH is 1. The van der Waals surface area contributed by atoms with E-state index in [0.717, 1.165) is 9.86 Å². The molecule has 0 radical (unpaired) electrons. The van der Waals surface area contributed by atoms with Crippen molar-refractivity contribution in [1.29, 1.82) is 0 Å². The van der Waals surface area contributed by atoms with E-state index >= 15 is 0 Å². The molecule has 152 valence electrons. The summed E-state index contributed by atoms with van der Waals surface area (Å²) in [6.07, 6.45) is 1.63. The Morgan fingerprint density at radius 3 is 2.62 bits per heavy atom. The molecule has 29 heavy (non-hydrogen) atoms. The van der Waals surface area contributed by atoms with E-state index < -0.39 is 11.6 Å². The smallest absolute Gasteiger partial charge is 0.227 e. The van der Waals surface area contributed by atoms with Crippen LogP contribution >= 0.6 is 15.9 Å². The molecule has 1 aliphatic heterocycles. The summed E-state index contributed by atoms with van der Waals surface area (Å²) >= 11 is 3.44. The fourth-order valence-electron chi connectivity index (χ4n) is 3.43. The number of benzene rings is 2. The molecule has 0 spiro atoms. The molecule has 6 nitrogen and oxygen atoms in total. The van der Waals surface area contributed by atoms with Gasteiger partial charge in [0.25, 0.3) is 0 Å². The Kier molecular flexibility index (Phi) is 5.89. The number of aliphatic hydroxyl groups is 1. The summed E-state index contributed by atoms with van der Waals surface area (Å²) in [5.41, 5.74) is 0.902. The van der Waals surface area contributed by atoms with Crippen molar-refractivity contribution < 1.29 is 13.9 Å². The van der Waals surface area contributed by atoms with Crippen molar-refractivity contribution in [3.05, 3.63) is 52.6 Å². The molecule has 9 heteroatoms. The standard InChI is InChI=1S/C20H20BrF2N5O/c21-14-3-1-2-13-12-24-20(26-19(13)14)25-15-4-5-16(18(23)17(15)22)28-8-6-27(7-9-28)10-11-29/h1-5,12,29H,6-11H2,(H,24,25,26). The minimum Gasteiger partial charge on any atom is -0.395 e. The third kappa shape index (κ3) is 4.17. The van der Waals surface area contributed by atoms with Crippen molar-refractivity contribution >= 4 is 44.2 Å². The molecule has 0 aliphatic carbocycles. The highest BCUT2D eigenvalue weighted by molar-refractivity contribution is 9.10. The number of aromatic nitrogens is 2. The Morgan fingerprint density at radius 1 is 1.07 bits per heavy atom. The monoisotopic (exact) mass is 463 g/mol. The first-order chi connectivity index (χ1) is 14.1. The Balaban J connectivity index is 1.54. The number of β-amino-alcohol motifs (C(OH)–C–C–N with tert-alkyl or cyclic N) is 1. The Morgan fingerprint density at radius 2 is 1.86 bits per heavy atom. The lowest BCUT2D eigenvalue weighted by molar-refractivity contribution is 0.188. The van der Waals surface area contributed by atoms with Gasteiger partial charge in [0.15, 0.2) is 11.6 Å². The summed E-state index contributed by atoms with van der Waals surface area (Å²) in [6, 6.07) is 8.68.